The lowest BCUT2D eigenvalue weighted by Crippen LogP contribution is -2.58. The van der Waals surface area contributed by atoms with Gasteiger partial charge in [-0.3, -0.25) is 4.79 Å². The molecule has 2 aromatic rings. The quantitative estimate of drug-likeness (QED) is 0.647. The maximum absolute atomic E-state index is 12.6. The highest BCUT2D eigenvalue weighted by Gasteiger charge is 2.47. The van der Waals surface area contributed by atoms with Crippen molar-refractivity contribution in [3.8, 4) is 5.75 Å². The summed E-state index contributed by atoms with van der Waals surface area (Å²) in [6.07, 6.45) is 3.98. The zero-order valence-electron chi connectivity index (χ0n) is 13.9. The minimum atomic E-state index is -0.747. The minimum absolute atomic E-state index is 0.00916. The number of ether oxygens (including phenoxy) is 1. The van der Waals surface area contributed by atoms with E-state index >= 15 is 0 Å². The topological polar surface area (TPSA) is 58.6 Å². The van der Waals surface area contributed by atoms with Crippen LogP contribution in [0.15, 0.2) is 72.0 Å². The number of aliphatic hydroxyl groups excluding tert-OH is 1. The second-order valence-corrected chi connectivity index (χ2v) is 6.62. The number of hydrogen-bond acceptors (Lipinski definition) is 3. The smallest absolute Gasteiger partial charge is 0.254 e. The highest BCUT2D eigenvalue weighted by atomic mass is 16.5. The van der Waals surface area contributed by atoms with Gasteiger partial charge in [0, 0.05) is 17.9 Å². The second-order valence-electron chi connectivity index (χ2n) is 6.62. The molecule has 2 aliphatic heterocycles. The molecule has 1 amide bonds. The minimum Gasteiger partial charge on any atom is -0.507 e. The van der Waals surface area contributed by atoms with E-state index in [0.717, 1.165) is 16.9 Å². The zero-order chi connectivity index (χ0) is 17.4. The molecule has 0 saturated carbocycles. The molecule has 2 aliphatic rings. The van der Waals surface area contributed by atoms with Crippen molar-refractivity contribution in [3.05, 3.63) is 83.1 Å². The van der Waals surface area contributed by atoms with Crippen LogP contribution in [-0.4, -0.2) is 16.7 Å². The van der Waals surface area contributed by atoms with Gasteiger partial charge >= 0.3 is 0 Å². The van der Waals surface area contributed by atoms with Crippen molar-refractivity contribution < 1.29 is 14.6 Å². The van der Waals surface area contributed by atoms with Crippen molar-refractivity contribution in [2.45, 2.75) is 25.0 Å². The van der Waals surface area contributed by atoms with Crippen molar-refractivity contribution in [2.24, 2.45) is 0 Å². The molecule has 2 N–H and O–H groups in total. The van der Waals surface area contributed by atoms with Gasteiger partial charge in [0.2, 0.25) is 0 Å². The highest BCUT2D eigenvalue weighted by Crippen LogP contribution is 2.46. The van der Waals surface area contributed by atoms with Gasteiger partial charge in [0.05, 0.1) is 5.57 Å². The van der Waals surface area contributed by atoms with Crippen LogP contribution in [0.2, 0.25) is 0 Å². The maximum Gasteiger partial charge on any atom is 0.254 e. The third-order valence-corrected chi connectivity index (χ3v) is 4.70. The molecule has 126 valence electrons. The van der Waals surface area contributed by atoms with E-state index in [0.29, 0.717) is 12.0 Å². The fourth-order valence-electron chi connectivity index (χ4n) is 3.57. The number of benzene rings is 2. The van der Waals surface area contributed by atoms with E-state index in [1.807, 2.05) is 61.5 Å². The lowest BCUT2D eigenvalue weighted by molar-refractivity contribution is -0.127. The van der Waals surface area contributed by atoms with Gasteiger partial charge in [-0.1, -0.05) is 54.6 Å². The number of carbonyl (C=O) groups excluding carboxylic acids is 1. The van der Waals surface area contributed by atoms with Crippen molar-refractivity contribution in [2.75, 3.05) is 0 Å². The van der Waals surface area contributed by atoms with Crippen molar-refractivity contribution in [3.63, 3.8) is 0 Å². The number of carbonyl (C=O) groups is 1. The number of piperidine rings is 1. The SMILES string of the molecule is CC12CC(/C(=C(\O)C=Cc3ccccc3)C(=O)N1)c1ccccc1O2. The van der Waals surface area contributed by atoms with Gasteiger partial charge in [-0.05, 0) is 24.6 Å². The van der Waals surface area contributed by atoms with Crippen LogP contribution in [-0.2, 0) is 4.79 Å². The Bertz CT molecular complexity index is 885. The van der Waals surface area contributed by atoms with E-state index in [4.69, 9.17) is 4.74 Å². The number of fused-ring (bicyclic) bond motifs is 4. The van der Waals surface area contributed by atoms with Gasteiger partial charge in [-0.15, -0.1) is 0 Å². The largest absolute Gasteiger partial charge is 0.507 e. The summed E-state index contributed by atoms with van der Waals surface area (Å²) >= 11 is 0. The van der Waals surface area contributed by atoms with E-state index < -0.39 is 5.72 Å². The molecule has 4 rings (SSSR count). The molecule has 2 aromatic carbocycles. The molecule has 2 unspecified atom stereocenters. The molecule has 4 nitrogen and oxygen atoms in total. The van der Waals surface area contributed by atoms with E-state index in [2.05, 4.69) is 5.32 Å². The van der Waals surface area contributed by atoms with E-state index in [-0.39, 0.29) is 17.6 Å². The Hall–Kier alpha value is -3.01. The first-order chi connectivity index (χ1) is 12.1. The highest BCUT2D eigenvalue weighted by molar-refractivity contribution is 5.98. The van der Waals surface area contributed by atoms with E-state index in [1.165, 1.54) is 0 Å². The molecule has 25 heavy (non-hydrogen) atoms. The Labute approximate surface area is 146 Å². The number of para-hydroxylation sites is 1. The molecule has 2 bridgehead atoms. The summed E-state index contributed by atoms with van der Waals surface area (Å²) in [5.74, 6) is 0.260. The molecule has 1 saturated heterocycles. The normalized spacial score (nSPS) is 26.6. The molecule has 1 fully saturated rings. The Kier molecular flexibility index (Phi) is 3.61. The molecular weight excluding hydrogens is 314 g/mol. The summed E-state index contributed by atoms with van der Waals surface area (Å²) in [6.45, 7) is 1.86. The van der Waals surface area contributed by atoms with Crippen molar-refractivity contribution >= 4 is 12.0 Å². The third kappa shape index (κ3) is 2.80. The summed E-state index contributed by atoms with van der Waals surface area (Å²) < 4.78 is 5.96. The average Bonchev–Trinajstić information content (AvgIpc) is 2.60. The number of rotatable bonds is 2. The molecule has 0 radical (unpaired) electrons. The van der Waals surface area contributed by atoms with Gasteiger partial charge in [-0.2, -0.15) is 0 Å². The predicted octanol–water partition coefficient (Wildman–Crippen LogP) is 3.92. The monoisotopic (exact) mass is 333 g/mol. The number of nitrogens with one attached hydrogen (secondary N) is 1. The number of hydrogen-bond donors (Lipinski definition) is 2. The molecule has 0 aromatic heterocycles. The van der Waals surface area contributed by atoms with Crippen molar-refractivity contribution in [1.29, 1.82) is 0 Å². The number of aliphatic hydroxyl groups is 1. The van der Waals surface area contributed by atoms with Gasteiger partial charge in [0.15, 0.2) is 5.72 Å². The molecule has 0 spiro atoms. The van der Waals surface area contributed by atoms with Gasteiger partial charge < -0.3 is 15.2 Å². The molecule has 2 atom stereocenters. The average molecular weight is 333 g/mol. The molecular formula is C21H19NO3. The zero-order valence-corrected chi connectivity index (χ0v) is 13.9. The van der Waals surface area contributed by atoms with E-state index in [9.17, 15) is 9.90 Å². The molecule has 4 heteroatoms. The fraction of sp³-hybridized carbons (Fsp3) is 0.190. The fourth-order valence-corrected chi connectivity index (χ4v) is 3.57. The maximum atomic E-state index is 12.6. The van der Waals surface area contributed by atoms with Crippen LogP contribution in [0.1, 0.15) is 30.4 Å². The Morgan fingerprint density at radius 3 is 2.72 bits per heavy atom. The molecule has 0 aliphatic carbocycles. The summed E-state index contributed by atoms with van der Waals surface area (Å²) in [4.78, 5) is 12.6. The Morgan fingerprint density at radius 2 is 1.92 bits per heavy atom. The second kappa shape index (κ2) is 5.81. The molecule has 2 heterocycles. The Morgan fingerprint density at radius 1 is 1.20 bits per heavy atom. The lowest BCUT2D eigenvalue weighted by Gasteiger charge is -2.45. The first-order valence-corrected chi connectivity index (χ1v) is 8.32. The van der Waals surface area contributed by atoms with Gasteiger partial charge in [-0.25, -0.2) is 0 Å². The summed E-state index contributed by atoms with van der Waals surface area (Å²) in [5, 5.41) is 13.5. The van der Waals surface area contributed by atoms with Crippen LogP contribution in [0.3, 0.4) is 0 Å². The van der Waals surface area contributed by atoms with Crippen LogP contribution in [0.5, 0.6) is 5.75 Å². The van der Waals surface area contributed by atoms with Crippen LogP contribution >= 0.6 is 0 Å². The van der Waals surface area contributed by atoms with Crippen LogP contribution in [0, 0.1) is 0 Å². The number of amides is 1. The van der Waals surface area contributed by atoms with Crippen molar-refractivity contribution in [1.82, 2.24) is 5.32 Å². The Balaban J connectivity index is 1.77. The van der Waals surface area contributed by atoms with Crippen LogP contribution in [0.25, 0.3) is 6.08 Å². The summed E-state index contributed by atoms with van der Waals surface area (Å²) in [6, 6.07) is 17.3. The van der Waals surface area contributed by atoms with Crippen LogP contribution < -0.4 is 10.1 Å². The standard InChI is InChI=1S/C21H19NO3/c1-21-13-16(15-9-5-6-10-18(15)25-21)19(20(24)22-21)17(23)12-11-14-7-3-2-4-8-14/h2-12,16,23H,13H2,1H3,(H,22,24)/b12-11?,19-17+. The number of allylic oxidation sites excluding steroid dienone is 1. The predicted molar refractivity (Wildman–Crippen MR) is 96.1 cm³/mol. The first-order valence-electron chi connectivity index (χ1n) is 8.32. The summed E-state index contributed by atoms with van der Waals surface area (Å²) in [5.41, 5.74) is 1.54. The van der Waals surface area contributed by atoms with Crippen LogP contribution in [0.4, 0.5) is 0 Å². The van der Waals surface area contributed by atoms with Gasteiger partial charge in [0.25, 0.3) is 5.91 Å². The lowest BCUT2D eigenvalue weighted by atomic mass is 9.78. The summed E-state index contributed by atoms with van der Waals surface area (Å²) in [7, 11) is 0. The van der Waals surface area contributed by atoms with E-state index in [1.54, 1.807) is 12.2 Å². The first kappa shape index (κ1) is 15.5. The third-order valence-electron chi connectivity index (χ3n) is 4.70. The van der Waals surface area contributed by atoms with Gasteiger partial charge in [0.1, 0.15) is 11.5 Å².